The number of hydrogen-bond donors (Lipinski definition) is 8. The summed E-state index contributed by atoms with van der Waals surface area (Å²) in [7, 11) is 0. The molecule has 1 aliphatic carbocycles. The highest BCUT2D eigenvalue weighted by molar-refractivity contribution is 5.88. The van der Waals surface area contributed by atoms with Gasteiger partial charge in [0.1, 0.15) is 30.1 Å². The fraction of sp³-hybridized carbons (Fsp3) is 0.415. The van der Waals surface area contributed by atoms with E-state index < -0.39 is 12.3 Å². The van der Waals surface area contributed by atoms with Crippen LogP contribution in [0.2, 0.25) is 0 Å². The van der Waals surface area contributed by atoms with E-state index in [0.717, 1.165) is 101 Å². The first-order valence-corrected chi connectivity index (χ1v) is 28.1. The second-order valence-corrected chi connectivity index (χ2v) is 22.0. The summed E-state index contributed by atoms with van der Waals surface area (Å²) >= 11 is 0. The highest BCUT2D eigenvalue weighted by Gasteiger charge is 2.47. The van der Waals surface area contributed by atoms with Crippen LogP contribution in [0.4, 0.5) is 0 Å². The number of benzene rings is 5. The van der Waals surface area contributed by atoms with E-state index in [1.54, 1.807) is 24.3 Å². The van der Waals surface area contributed by atoms with Gasteiger partial charge in [-0.25, -0.2) is 0 Å². The number of fused-ring (bicyclic) bond motifs is 9. The zero-order valence-electron chi connectivity index (χ0n) is 44.4. The van der Waals surface area contributed by atoms with Crippen molar-refractivity contribution >= 4 is 16.6 Å². The number of rotatable bonds is 13. The van der Waals surface area contributed by atoms with Crippen molar-refractivity contribution in [3.05, 3.63) is 171 Å². The molecule has 13 heteroatoms. The lowest BCUT2D eigenvalue weighted by Crippen LogP contribution is -2.47. The molecule has 408 valence electrons. The molecule has 0 amide bonds. The summed E-state index contributed by atoms with van der Waals surface area (Å²) in [4.78, 5) is 0. The Balaban J connectivity index is 1.02. The van der Waals surface area contributed by atoms with E-state index in [1.165, 1.54) is 16.7 Å². The minimum atomic E-state index is -0.715. The van der Waals surface area contributed by atoms with Gasteiger partial charge in [0.25, 0.3) is 0 Å². The maximum absolute atomic E-state index is 11.8. The van der Waals surface area contributed by atoms with E-state index in [1.807, 2.05) is 24.3 Å². The third kappa shape index (κ3) is 11.7. The first-order chi connectivity index (χ1) is 38.1. The van der Waals surface area contributed by atoms with Crippen LogP contribution in [0.3, 0.4) is 0 Å². The maximum Gasteiger partial charge on any atom is 0.161 e. The second kappa shape index (κ2) is 24.2. The quantitative estimate of drug-likeness (QED) is 0.0312. The Morgan fingerprint density at radius 1 is 0.833 bits per heavy atom. The molecule has 5 heterocycles. The van der Waals surface area contributed by atoms with Crippen LogP contribution in [0.1, 0.15) is 108 Å². The molecule has 13 nitrogen and oxygen atoms in total. The first kappa shape index (κ1) is 53.4. The van der Waals surface area contributed by atoms with Crippen LogP contribution >= 0.6 is 0 Å². The molecule has 6 unspecified atom stereocenters. The van der Waals surface area contributed by atoms with E-state index >= 15 is 0 Å². The zero-order chi connectivity index (χ0) is 53.6. The van der Waals surface area contributed by atoms with Gasteiger partial charge in [0.2, 0.25) is 0 Å². The number of aliphatic hydroxyl groups excluding tert-OH is 3. The highest BCUT2D eigenvalue weighted by Crippen LogP contribution is 2.52. The van der Waals surface area contributed by atoms with Crippen LogP contribution < -0.4 is 15.4 Å². The van der Waals surface area contributed by atoms with Gasteiger partial charge in [0, 0.05) is 65.3 Å². The van der Waals surface area contributed by atoms with Gasteiger partial charge >= 0.3 is 0 Å². The Labute approximate surface area is 457 Å². The largest absolute Gasteiger partial charge is 0.508 e. The molecule has 0 radical (unpaired) electrons. The minimum Gasteiger partial charge on any atom is -0.508 e. The molecule has 11 rings (SSSR count). The van der Waals surface area contributed by atoms with Crippen molar-refractivity contribution in [2.24, 2.45) is 11.8 Å². The van der Waals surface area contributed by atoms with Gasteiger partial charge in [0.05, 0.1) is 45.4 Å². The lowest BCUT2D eigenvalue weighted by Gasteiger charge is -2.49. The lowest BCUT2D eigenvalue weighted by molar-refractivity contribution is 0.00498. The SMILES string of the molecule is OCCCOCNC1C=C2C#CC(CCc3ccc(O)c(Cc4cccc(O)c4)c3)CCCC3CC(O)CCc4cc(c(O)cc4CO)OCc4cc(C56CCOCC5CCc5ccccc56)cc5cn(cc45)C(=C2CO3)N1. The number of phenolic OH excluding ortho intramolecular Hbond substituents is 3. The van der Waals surface area contributed by atoms with Crippen LogP contribution in [-0.2, 0) is 58.5 Å². The number of dihydropyridines is 1. The van der Waals surface area contributed by atoms with Gasteiger partial charge < -0.3 is 59.5 Å². The molecule has 5 aliphatic rings. The fourth-order valence-electron chi connectivity index (χ4n) is 12.8. The smallest absolute Gasteiger partial charge is 0.161 e. The average molecular weight is 1060 g/mol. The fourth-order valence-corrected chi connectivity index (χ4v) is 12.8. The molecule has 8 N–H and O–H groups in total. The molecule has 1 saturated heterocycles. The van der Waals surface area contributed by atoms with E-state index in [-0.39, 0.29) is 73.8 Å². The van der Waals surface area contributed by atoms with Crippen LogP contribution in [0, 0.1) is 23.7 Å². The Kier molecular flexibility index (Phi) is 16.6. The minimum absolute atomic E-state index is 0.0152. The van der Waals surface area contributed by atoms with Gasteiger partial charge in [-0.05, 0) is 176 Å². The number of aryl methyl sites for hydroxylation is 3. The molecular formula is C65H73N3O10. The second-order valence-electron chi connectivity index (χ2n) is 22.0. The predicted octanol–water partition coefficient (Wildman–Crippen LogP) is 9.18. The van der Waals surface area contributed by atoms with Gasteiger partial charge in [-0.3, -0.25) is 5.32 Å². The normalized spacial score (nSPS) is 23.4. The van der Waals surface area contributed by atoms with Crippen LogP contribution in [0.25, 0.3) is 16.6 Å². The molecule has 0 spiro atoms. The van der Waals surface area contributed by atoms with E-state index in [2.05, 4.69) is 88.0 Å². The van der Waals surface area contributed by atoms with Crippen LogP contribution in [0.5, 0.6) is 23.0 Å². The standard InChI is InChI=1S/C65H73N3O10/c69-23-5-24-76-41-66-63-33-47-16-14-42(12-13-43-15-21-60(73)48(26-43)27-44-7-3-9-54(71)28-44)6-4-10-56-34-55(72)20-18-46-32-62(61(74)31-50(46)37-70)78-38-51-30-53(29-49-35-68(36-57(49)51)64(67-63)58(47)40-77-56)65-22-25-75-39-52(65)19-17-45-8-1-2-11-59(45)65/h1-3,7-9,11,15,21,26,28-33,35-36,42,52,55-56,63,66-67,69-74H,4-6,10,12-13,17-20,22-25,27,34,37-41H2. The number of aromatic nitrogens is 1. The summed E-state index contributed by atoms with van der Waals surface area (Å²) in [6.45, 7) is 2.12. The molecule has 0 saturated carbocycles. The molecule has 6 atom stereocenters. The maximum atomic E-state index is 11.8. The summed E-state index contributed by atoms with van der Waals surface area (Å²) < 4.78 is 28.0. The Hall–Kier alpha value is -6.60. The van der Waals surface area contributed by atoms with Gasteiger partial charge in [0.15, 0.2) is 11.5 Å². The number of nitrogens with one attached hydrogen (secondary N) is 2. The summed E-state index contributed by atoms with van der Waals surface area (Å²) in [5, 5.41) is 73.6. The molecule has 78 heavy (non-hydrogen) atoms. The van der Waals surface area contributed by atoms with Gasteiger partial charge in [-0.15, -0.1) is 0 Å². The summed E-state index contributed by atoms with van der Waals surface area (Å²) in [6.07, 6.45) is 14.1. The average Bonchev–Trinajstić information content (AvgIpc) is 3.96. The molecule has 1 fully saturated rings. The molecule has 4 aliphatic heterocycles. The number of phenols is 3. The van der Waals surface area contributed by atoms with Crippen molar-refractivity contribution in [2.75, 3.05) is 39.8 Å². The van der Waals surface area contributed by atoms with Crippen molar-refractivity contribution in [3.8, 4) is 34.8 Å². The highest BCUT2D eigenvalue weighted by atomic mass is 16.5. The first-order valence-electron chi connectivity index (χ1n) is 28.1. The Morgan fingerprint density at radius 3 is 2.62 bits per heavy atom. The van der Waals surface area contributed by atoms with Crippen molar-refractivity contribution in [2.45, 2.75) is 120 Å². The van der Waals surface area contributed by atoms with Crippen LogP contribution in [0.15, 0.2) is 121 Å². The number of ether oxygens (including phenoxy) is 4. The van der Waals surface area contributed by atoms with Crippen molar-refractivity contribution in [1.29, 1.82) is 0 Å². The van der Waals surface area contributed by atoms with Gasteiger partial charge in [-0.1, -0.05) is 66.4 Å². The van der Waals surface area contributed by atoms with Gasteiger partial charge in [-0.2, -0.15) is 0 Å². The molecule has 6 aromatic rings. The number of hydrogen-bond acceptors (Lipinski definition) is 12. The van der Waals surface area contributed by atoms with Crippen molar-refractivity contribution in [1.82, 2.24) is 15.2 Å². The third-order valence-electron chi connectivity index (χ3n) is 16.9. The lowest BCUT2D eigenvalue weighted by atomic mass is 9.57. The van der Waals surface area contributed by atoms with E-state index in [4.69, 9.17) is 18.9 Å². The Bertz CT molecular complexity index is 3240. The number of aromatic hydroxyl groups is 3. The third-order valence-corrected chi connectivity index (χ3v) is 16.9. The molecule has 6 bridgehead atoms. The number of aliphatic hydroxyl groups is 3. The Morgan fingerprint density at radius 2 is 1.73 bits per heavy atom. The topological polar surface area (TPSA) is 187 Å². The van der Waals surface area contributed by atoms with Crippen LogP contribution in [-0.4, -0.2) is 93.3 Å². The summed E-state index contributed by atoms with van der Waals surface area (Å²) in [5.74, 6) is 9.20. The summed E-state index contributed by atoms with van der Waals surface area (Å²) in [5.41, 5.74) is 10.5. The van der Waals surface area contributed by atoms with E-state index in [9.17, 15) is 30.6 Å². The zero-order valence-corrected chi connectivity index (χ0v) is 44.4. The molecule has 5 aromatic carbocycles. The predicted molar refractivity (Wildman–Crippen MR) is 300 cm³/mol. The summed E-state index contributed by atoms with van der Waals surface area (Å²) in [6, 6.07) is 29.9. The number of nitrogens with zero attached hydrogens (tertiary/aromatic N) is 1. The van der Waals surface area contributed by atoms with E-state index in [0.29, 0.717) is 69.7 Å². The molecular weight excluding hydrogens is 983 g/mol. The monoisotopic (exact) mass is 1060 g/mol. The van der Waals surface area contributed by atoms with Crippen molar-refractivity contribution < 1.29 is 49.6 Å². The molecule has 1 aromatic heterocycles. The van der Waals surface area contributed by atoms with Crippen molar-refractivity contribution in [3.63, 3.8) is 0 Å².